The van der Waals surface area contributed by atoms with Gasteiger partial charge in [0, 0.05) is 12.6 Å². The summed E-state index contributed by atoms with van der Waals surface area (Å²) in [6, 6.07) is 3.81. The quantitative estimate of drug-likeness (QED) is 0.920. The molecule has 5 nitrogen and oxygen atoms in total. The van der Waals surface area contributed by atoms with Crippen LogP contribution in [0.3, 0.4) is 0 Å². The van der Waals surface area contributed by atoms with Gasteiger partial charge >= 0.3 is 5.97 Å². The molecule has 1 unspecified atom stereocenters. The van der Waals surface area contributed by atoms with Crippen molar-refractivity contribution >= 4 is 27.6 Å². The molecule has 0 radical (unpaired) electrons. The second kappa shape index (κ2) is 6.34. The first kappa shape index (κ1) is 16.3. The van der Waals surface area contributed by atoms with Gasteiger partial charge in [0.05, 0.1) is 15.5 Å². The molecule has 7 heteroatoms. The zero-order chi connectivity index (χ0) is 15.6. The molecule has 0 aliphatic carbocycles. The molecule has 1 fully saturated rings. The van der Waals surface area contributed by atoms with E-state index in [2.05, 4.69) is 0 Å². The summed E-state index contributed by atoms with van der Waals surface area (Å²) >= 11 is 5.79. The zero-order valence-corrected chi connectivity index (χ0v) is 13.3. The van der Waals surface area contributed by atoms with Crippen LogP contribution in [0.1, 0.15) is 43.0 Å². The minimum Gasteiger partial charge on any atom is -0.478 e. The normalized spacial score (nSPS) is 20.4. The van der Waals surface area contributed by atoms with E-state index < -0.39 is 16.0 Å². The van der Waals surface area contributed by atoms with Crippen molar-refractivity contribution in [2.75, 3.05) is 6.54 Å². The molecule has 1 aromatic carbocycles. The van der Waals surface area contributed by atoms with Gasteiger partial charge in [0.25, 0.3) is 0 Å². The Labute approximate surface area is 129 Å². The number of carboxylic acid groups (broad SMARTS) is 1. The number of rotatable bonds is 4. The van der Waals surface area contributed by atoms with Crippen molar-refractivity contribution in [1.82, 2.24) is 4.31 Å². The highest BCUT2D eigenvalue weighted by atomic mass is 35.5. The van der Waals surface area contributed by atoms with Crippen LogP contribution in [0.25, 0.3) is 0 Å². The number of aromatic carboxylic acids is 1. The maximum atomic E-state index is 12.7. The molecule has 1 atom stereocenters. The lowest BCUT2D eigenvalue weighted by atomic mass is 10.0. The van der Waals surface area contributed by atoms with Crippen LogP contribution < -0.4 is 0 Å². The first-order valence-corrected chi connectivity index (χ1v) is 8.74. The van der Waals surface area contributed by atoms with Gasteiger partial charge in [-0.05, 0) is 37.5 Å². The van der Waals surface area contributed by atoms with E-state index in [1.54, 1.807) is 0 Å². The van der Waals surface area contributed by atoms with Gasteiger partial charge in [0.2, 0.25) is 10.0 Å². The van der Waals surface area contributed by atoms with Gasteiger partial charge in [-0.2, -0.15) is 4.31 Å². The summed E-state index contributed by atoms with van der Waals surface area (Å²) in [5.74, 6) is -1.23. The molecule has 1 saturated heterocycles. The summed E-state index contributed by atoms with van der Waals surface area (Å²) in [6.45, 7) is 2.44. The Bertz CT molecular complexity index is 644. The van der Waals surface area contributed by atoms with E-state index in [1.807, 2.05) is 6.92 Å². The lowest BCUT2D eigenvalue weighted by Gasteiger charge is -2.34. The fourth-order valence-corrected chi connectivity index (χ4v) is 4.65. The third-order valence-corrected chi connectivity index (χ3v) is 6.10. The summed E-state index contributed by atoms with van der Waals surface area (Å²) < 4.78 is 27.0. The van der Waals surface area contributed by atoms with Crippen molar-refractivity contribution in [3.63, 3.8) is 0 Å². The number of carbonyl (C=O) groups is 1. The predicted molar refractivity (Wildman–Crippen MR) is 80.2 cm³/mol. The number of halogens is 1. The Morgan fingerprint density at radius 3 is 2.76 bits per heavy atom. The molecule has 0 spiro atoms. The van der Waals surface area contributed by atoms with Crippen LogP contribution in [0.4, 0.5) is 0 Å². The largest absolute Gasteiger partial charge is 0.478 e. The molecular formula is C14H18ClNO4S. The van der Waals surface area contributed by atoms with Crippen LogP contribution in [0.15, 0.2) is 23.1 Å². The van der Waals surface area contributed by atoms with Gasteiger partial charge in [-0.1, -0.05) is 24.9 Å². The van der Waals surface area contributed by atoms with Crippen molar-refractivity contribution in [1.29, 1.82) is 0 Å². The SMILES string of the molecule is CCC1CCCCN1S(=O)(=O)c1ccc(Cl)c(C(=O)O)c1. The lowest BCUT2D eigenvalue weighted by molar-refractivity contribution is 0.0697. The number of benzene rings is 1. The Hall–Kier alpha value is -1.11. The maximum absolute atomic E-state index is 12.7. The van der Waals surface area contributed by atoms with Crippen molar-refractivity contribution in [2.45, 2.75) is 43.5 Å². The molecule has 21 heavy (non-hydrogen) atoms. The van der Waals surface area contributed by atoms with E-state index in [0.717, 1.165) is 31.7 Å². The molecule has 2 rings (SSSR count). The second-order valence-electron chi connectivity index (χ2n) is 5.12. The van der Waals surface area contributed by atoms with Crippen LogP contribution in [-0.4, -0.2) is 36.4 Å². The number of hydrogen-bond donors (Lipinski definition) is 1. The minimum atomic E-state index is -3.68. The molecule has 1 heterocycles. The van der Waals surface area contributed by atoms with Crippen LogP contribution >= 0.6 is 11.6 Å². The second-order valence-corrected chi connectivity index (χ2v) is 7.42. The van der Waals surface area contributed by atoms with Crippen LogP contribution in [-0.2, 0) is 10.0 Å². The fourth-order valence-electron chi connectivity index (χ4n) is 2.66. The molecule has 116 valence electrons. The number of carboxylic acids is 1. The fraction of sp³-hybridized carbons (Fsp3) is 0.500. The van der Waals surface area contributed by atoms with E-state index in [9.17, 15) is 13.2 Å². The average molecular weight is 332 g/mol. The molecule has 1 N–H and O–H groups in total. The molecule has 0 saturated carbocycles. The topological polar surface area (TPSA) is 74.7 Å². The maximum Gasteiger partial charge on any atom is 0.337 e. The lowest BCUT2D eigenvalue weighted by Crippen LogP contribution is -2.43. The van der Waals surface area contributed by atoms with Crippen molar-refractivity contribution in [3.05, 3.63) is 28.8 Å². The van der Waals surface area contributed by atoms with E-state index >= 15 is 0 Å². The highest BCUT2D eigenvalue weighted by Crippen LogP contribution is 2.29. The van der Waals surface area contributed by atoms with E-state index in [1.165, 1.54) is 16.4 Å². The summed E-state index contributed by atoms with van der Waals surface area (Å²) in [7, 11) is -3.68. The standard InChI is InChI=1S/C14H18ClNO4S/c1-2-10-5-3-4-8-16(10)21(19,20)11-6-7-13(15)12(9-11)14(17)18/h6-7,9-10H,2-5,8H2,1H3,(H,17,18). The van der Waals surface area contributed by atoms with Crippen molar-refractivity contribution in [2.24, 2.45) is 0 Å². The van der Waals surface area contributed by atoms with Crippen LogP contribution in [0.2, 0.25) is 5.02 Å². The Morgan fingerprint density at radius 1 is 1.43 bits per heavy atom. The van der Waals surface area contributed by atoms with Gasteiger partial charge in [0.15, 0.2) is 0 Å². The molecule has 1 aromatic rings. The minimum absolute atomic E-state index is 0.00958. The summed E-state index contributed by atoms with van der Waals surface area (Å²) in [6.07, 6.45) is 3.44. The summed E-state index contributed by atoms with van der Waals surface area (Å²) in [4.78, 5) is 11.1. The predicted octanol–water partition coefficient (Wildman–Crippen LogP) is 2.99. The van der Waals surface area contributed by atoms with E-state index in [0.29, 0.717) is 6.54 Å². The number of piperidine rings is 1. The van der Waals surface area contributed by atoms with Gasteiger partial charge < -0.3 is 5.11 Å². The van der Waals surface area contributed by atoms with Crippen molar-refractivity contribution in [3.8, 4) is 0 Å². The Kier molecular flexibility index (Phi) is 4.91. The molecule has 1 aliphatic rings. The van der Waals surface area contributed by atoms with Crippen molar-refractivity contribution < 1.29 is 18.3 Å². The molecule has 0 amide bonds. The van der Waals surface area contributed by atoms with E-state index in [4.69, 9.17) is 16.7 Å². The smallest absolute Gasteiger partial charge is 0.337 e. The summed E-state index contributed by atoms with van der Waals surface area (Å²) in [5.41, 5.74) is -0.192. The molecular weight excluding hydrogens is 314 g/mol. The first-order chi connectivity index (χ1) is 9.87. The van der Waals surface area contributed by atoms with Crippen LogP contribution in [0.5, 0.6) is 0 Å². The summed E-state index contributed by atoms with van der Waals surface area (Å²) in [5, 5.41) is 9.11. The number of nitrogens with zero attached hydrogens (tertiary/aromatic N) is 1. The zero-order valence-electron chi connectivity index (χ0n) is 11.8. The average Bonchev–Trinajstić information content (AvgIpc) is 2.47. The molecule has 0 bridgehead atoms. The number of sulfonamides is 1. The molecule has 0 aromatic heterocycles. The van der Waals surface area contributed by atoms with Gasteiger partial charge in [-0.25, -0.2) is 13.2 Å². The van der Waals surface area contributed by atoms with Gasteiger partial charge in [0.1, 0.15) is 0 Å². The van der Waals surface area contributed by atoms with Gasteiger partial charge in [-0.15, -0.1) is 0 Å². The third kappa shape index (κ3) is 3.22. The van der Waals surface area contributed by atoms with Crippen LogP contribution in [0, 0.1) is 0 Å². The molecule has 1 aliphatic heterocycles. The highest BCUT2D eigenvalue weighted by Gasteiger charge is 2.33. The Balaban J connectivity index is 2.43. The first-order valence-electron chi connectivity index (χ1n) is 6.92. The third-order valence-electron chi connectivity index (χ3n) is 3.82. The highest BCUT2D eigenvalue weighted by molar-refractivity contribution is 7.89. The van der Waals surface area contributed by atoms with E-state index in [-0.39, 0.29) is 21.5 Å². The van der Waals surface area contributed by atoms with Gasteiger partial charge in [-0.3, -0.25) is 0 Å². The Morgan fingerprint density at radius 2 is 2.14 bits per heavy atom. The number of hydrogen-bond acceptors (Lipinski definition) is 3. The monoisotopic (exact) mass is 331 g/mol.